The summed E-state index contributed by atoms with van der Waals surface area (Å²) in [6.07, 6.45) is 3.70. The van der Waals surface area contributed by atoms with Gasteiger partial charge in [0.15, 0.2) is 4.80 Å². The van der Waals surface area contributed by atoms with Gasteiger partial charge in [-0.3, -0.25) is 9.98 Å². The molecule has 0 aliphatic carbocycles. The van der Waals surface area contributed by atoms with Crippen molar-refractivity contribution in [2.45, 2.75) is 20.0 Å². The molecule has 0 atom stereocenters. The van der Waals surface area contributed by atoms with E-state index in [1.54, 1.807) is 17.5 Å². The predicted octanol–water partition coefficient (Wildman–Crippen LogP) is 6.13. The van der Waals surface area contributed by atoms with Crippen molar-refractivity contribution in [2.75, 3.05) is 11.5 Å². The highest BCUT2D eigenvalue weighted by Crippen LogP contribution is 2.34. The van der Waals surface area contributed by atoms with Crippen LogP contribution in [-0.4, -0.2) is 21.1 Å². The summed E-state index contributed by atoms with van der Waals surface area (Å²) in [5.74, 6) is 2.19. The number of hydrogen-bond donors (Lipinski definition) is 0. The quantitative estimate of drug-likeness (QED) is 0.314. The van der Waals surface area contributed by atoms with Crippen molar-refractivity contribution in [1.29, 1.82) is 0 Å². The van der Waals surface area contributed by atoms with E-state index in [2.05, 4.69) is 83.2 Å². The Morgan fingerprint density at radius 3 is 2.33 bits per heavy atom. The Labute approximate surface area is 186 Å². The minimum atomic E-state index is 0.637. The first-order valence-corrected chi connectivity index (χ1v) is 12.2. The molecule has 4 aromatic rings. The third-order valence-corrected chi connectivity index (χ3v) is 6.82. The van der Waals surface area contributed by atoms with Crippen molar-refractivity contribution in [1.82, 2.24) is 9.55 Å². The van der Waals surface area contributed by atoms with E-state index in [-0.39, 0.29) is 0 Å². The molecule has 0 radical (unpaired) electrons. The van der Waals surface area contributed by atoms with E-state index in [1.807, 2.05) is 24.0 Å². The maximum absolute atomic E-state index is 5.02. The highest BCUT2D eigenvalue weighted by molar-refractivity contribution is 7.99. The number of thioether (sulfide) groups is 1. The molecule has 2 heterocycles. The van der Waals surface area contributed by atoms with Gasteiger partial charge >= 0.3 is 0 Å². The van der Waals surface area contributed by atoms with Crippen LogP contribution in [0, 0.1) is 0 Å². The van der Waals surface area contributed by atoms with Crippen LogP contribution in [0.2, 0.25) is 0 Å². The SMILES string of the molecule is CCSCCn1c(-c2ccccc2)c(-c2ccccc2)sc1=NCc1cccnc1. The summed E-state index contributed by atoms with van der Waals surface area (Å²) >= 11 is 3.75. The molecule has 0 amide bonds. The van der Waals surface area contributed by atoms with Crippen LogP contribution in [0.15, 0.2) is 90.2 Å². The van der Waals surface area contributed by atoms with Gasteiger partial charge in [0, 0.05) is 24.7 Å². The zero-order valence-electron chi connectivity index (χ0n) is 17.1. The summed E-state index contributed by atoms with van der Waals surface area (Å²) in [7, 11) is 0. The monoisotopic (exact) mass is 431 g/mol. The van der Waals surface area contributed by atoms with Crippen molar-refractivity contribution >= 4 is 23.1 Å². The number of benzene rings is 2. The molecule has 0 spiro atoms. The third kappa shape index (κ3) is 4.91. The molecule has 2 aromatic carbocycles. The zero-order chi connectivity index (χ0) is 20.6. The number of nitrogens with zero attached hydrogens (tertiary/aromatic N) is 3. The molecular weight excluding hydrogens is 406 g/mol. The maximum atomic E-state index is 5.02. The van der Waals surface area contributed by atoms with Gasteiger partial charge in [0.1, 0.15) is 0 Å². The van der Waals surface area contributed by atoms with E-state index >= 15 is 0 Å². The molecule has 0 aliphatic heterocycles. The molecule has 0 saturated carbocycles. The first kappa shape index (κ1) is 20.6. The minimum absolute atomic E-state index is 0.637. The lowest BCUT2D eigenvalue weighted by atomic mass is 10.1. The molecule has 0 fully saturated rings. The summed E-state index contributed by atoms with van der Waals surface area (Å²) in [5.41, 5.74) is 4.86. The summed E-state index contributed by atoms with van der Waals surface area (Å²) in [6, 6.07) is 25.4. The van der Waals surface area contributed by atoms with Gasteiger partial charge in [0.05, 0.1) is 17.1 Å². The van der Waals surface area contributed by atoms with Crippen molar-refractivity contribution in [3.8, 4) is 21.7 Å². The summed E-state index contributed by atoms with van der Waals surface area (Å²) < 4.78 is 2.40. The summed E-state index contributed by atoms with van der Waals surface area (Å²) in [6.45, 7) is 3.79. The predicted molar refractivity (Wildman–Crippen MR) is 130 cm³/mol. The van der Waals surface area contributed by atoms with E-state index in [0.717, 1.165) is 28.4 Å². The summed E-state index contributed by atoms with van der Waals surface area (Å²) in [5, 5.41) is 0. The lowest BCUT2D eigenvalue weighted by Crippen LogP contribution is -2.18. The van der Waals surface area contributed by atoms with Gasteiger partial charge in [0.2, 0.25) is 0 Å². The number of rotatable bonds is 8. The third-order valence-electron chi connectivity index (χ3n) is 4.78. The molecule has 0 N–H and O–H groups in total. The Bertz CT molecular complexity index is 1120. The van der Waals surface area contributed by atoms with Gasteiger partial charge in [-0.15, -0.1) is 0 Å². The molecule has 0 saturated heterocycles. The molecule has 5 heteroatoms. The van der Waals surface area contributed by atoms with Gasteiger partial charge in [0.25, 0.3) is 0 Å². The second-order valence-corrected chi connectivity index (χ2v) is 9.19. The van der Waals surface area contributed by atoms with Gasteiger partial charge in [-0.1, -0.05) is 85.0 Å². The van der Waals surface area contributed by atoms with Crippen LogP contribution < -0.4 is 4.80 Å². The van der Waals surface area contributed by atoms with Crippen LogP contribution in [-0.2, 0) is 13.1 Å². The molecule has 152 valence electrons. The minimum Gasteiger partial charge on any atom is -0.315 e. The second-order valence-electron chi connectivity index (χ2n) is 6.82. The smallest absolute Gasteiger partial charge is 0.186 e. The van der Waals surface area contributed by atoms with Gasteiger partial charge in [-0.2, -0.15) is 11.8 Å². The van der Waals surface area contributed by atoms with Crippen LogP contribution in [0.1, 0.15) is 12.5 Å². The van der Waals surface area contributed by atoms with Crippen LogP contribution >= 0.6 is 23.1 Å². The van der Waals surface area contributed by atoms with Gasteiger partial charge in [-0.25, -0.2) is 0 Å². The molecule has 30 heavy (non-hydrogen) atoms. The number of hydrogen-bond acceptors (Lipinski definition) is 4. The highest BCUT2D eigenvalue weighted by atomic mass is 32.2. The second kappa shape index (κ2) is 10.4. The van der Waals surface area contributed by atoms with E-state index in [0.29, 0.717) is 6.54 Å². The number of aromatic nitrogens is 2. The Hall–Kier alpha value is -2.63. The van der Waals surface area contributed by atoms with Crippen LogP contribution in [0.4, 0.5) is 0 Å². The Morgan fingerprint density at radius 1 is 0.933 bits per heavy atom. The van der Waals surface area contributed by atoms with E-state index in [1.165, 1.54) is 21.7 Å². The fourth-order valence-electron chi connectivity index (χ4n) is 3.36. The Kier molecular flexibility index (Phi) is 7.16. The fraction of sp³-hybridized carbons (Fsp3) is 0.200. The highest BCUT2D eigenvalue weighted by Gasteiger charge is 2.17. The first-order chi connectivity index (χ1) is 14.9. The van der Waals surface area contributed by atoms with Crippen molar-refractivity contribution < 1.29 is 0 Å². The molecule has 2 aromatic heterocycles. The van der Waals surface area contributed by atoms with Crippen LogP contribution in [0.25, 0.3) is 21.7 Å². The molecule has 0 aliphatic rings. The van der Waals surface area contributed by atoms with E-state index in [4.69, 9.17) is 4.99 Å². The van der Waals surface area contributed by atoms with Gasteiger partial charge < -0.3 is 4.57 Å². The fourth-order valence-corrected chi connectivity index (χ4v) is 5.14. The largest absolute Gasteiger partial charge is 0.315 e. The van der Waals surface area contributed by atoms with E-state index < -0.39 is 0 Å². The standard InChI is InChI=1S/C25H25N3S2/c1-2-29-17-16-28-23(21-11-5-3-6-12-21)24(22-13-7-4-8-14-22)30-25(28)27-19-20-10-9-15-26-18-20/h3-15,18H,2,16-17,19H2,1H3. The lowest BCUT2D eigenvalue weighted by Gasteiger charge is -2.11. The molecule has 4 rings (SSSR count). The van der Waals surface area contributed by atoms with Crippen molar-refractivity contribution in [3.05, 3.63) is 95.6 Å². The summed E-state index contributed by atoms with van der Waals surface area (Å²) in [4.78, 5) is 11.6. The lowest BCUT2D eigenvalue weighted by molar-refractivity contribution is 0.739. The van der Waals surface area contributed by atoms with E-state index in [9.17, 15) is 0 Å². The zero-order valence-corrected chi connectivity index (χ0v) is 18.7. The molecule has 0 unspecified atom stereocenters. The van der Waals surface area contributed by atoms with Crippen LogP contribution in [0.3, 0.4) is 0 Å². The first-order valence-electron chi connectivity index (χ1n) is 10.2. The van der Waals surface area contributed by atoms with Crippen molar-refractivity contribution in [3.63, 3.8) is 0 Å². The molecule has 3 nitrogen and oxygen atoms in total. The van der Waals surface area contributed by atoms with Gasteiger partial charge in [-0.05, 0) is 28.5 Å². The molecule has 0 bridgehead atoms. The topological polar surface area (TPSA) is 30.2 Å². The average molecular weight is 432 g/mol. The number of pyridine rings is 1. The average Bonchev–Trinajstić information content (AvgIpc) is 3.18. The normalized spacial score (nSPS) is 11.7. The number of thiazole rings is 1. The Balaban J connectivity index is 1.87. The maximum Gasteiger partial charge on any atom is 0.186 e. The van der Waals surface area contributed by atoms with Crippen LogP contribution in [0.5, 0.6) is 0 Å². The van der Waals surface area contributed by atoms with Crippen molar-refractivity contribution in [2.24, 2.45) is 4.99 Å². The Morgan fingerprint density at radius 2 is 1.67 bits per heavy atom. The molecular formula is C25H25N3S2.